The normalized spacial score (nSPS) is 15.3. The molecule has 0 radical (unpaired) electrons. The third kappa shape index (κ3) is 4.86. The molecule has 1 heterocycles. The summed E-state index contributed by atoms with van der Waals surface area (Å²) in [5, 5.41) is 3.47. The highest BCUT2D eigenvalue weighted by Crippen LogP contribution is 2.37. The zero-order chi connectivity index (χ0) is 22.0. The molecule has 2 amide bonds. The molecule has 0 fully saturated rings. The van der Waals surface area contributed by atoms with Gasteiger partial charge in [0.1, 0.15) is 11.6 Å². The summed E-state index contributed by atoms with van der Waals surface area (Å²) in [6, 6.07) is 18.2. The van der Waals surface area contributed by atoms with Gasteiger partial charge in [-0.25, -0.2) is 4.39 Å². The van der Waals surface area contributed by atoms with Gasteiger partial charge in [-0.15, -0.1) is 0 Å². The van der Waals surface area contributed by atoms with Crippen LogP contribution in [-0.2, 0) is 22.6 Å². The van der Waals surface area contributed by atoms with E-state index in [1.54, 1.807) is 66.4 Å². The van der Waals surface area contributed by atoms with Gasteiger partial charge in [0.05, 0.1) is 18.7 Å². The Morgan fingerprint density at radius 1 is 1.06 bits per heavy atom. The van der Waals surface area contributed by atoms with Crippen molar-refractivity contribution in [3.8, 4) is 5.75 Å². The molecule has 0 spiro atoms. The van der Waals surface area contributed by atoms with Crippen molar-refractivity contribution in [2.24, 2.45) is 0 Å². The van der Waals surface area contributed by atoms with Crippen molar-refractivity contribution in [1.29, 1.82) is 0 Å². The van der Waals surface area contributed by atoms with Crippen LogP contribution in [0, 0.1) is 5.82 Å². The number of amides is 2. The molecule has 1 aliphatic heterocycles. The molecule has 1 atom stereocenters. The van der Waals surface area contributed by atoms with Crippen LogP contribution in [0.5, 0.6) is 5.75 Å². The van der Waals surface area contributed by atoms with E-state index in [1.807, 2.05) is 0 Å². The first-order valence-electron chi connectivity index (χ1n) is 9.80. The van der Waals surface area contributed by atoms with E-state index >= 15 is 0 Å². The molecule has 0 saturated carbocycles. The van der Waals surface area contributed by atoms with Crippen LogP contribution in [0.25, 0.3) is 0 Å². The highest BCUT2D eigenvalue weighted by Gasteiger charge is 2.31. The van der Waals surface area contributed by atoms with Gasteiger partial charge in [-0.3, -0.25) is 9.59 Å². The lowest BCUT2D eigenvalue weighted by molar-refractivity contribution is -0.125. The van der Waals surface area contributed by atoms with Crippen LogP contribution in [0.2, 0.25) is 5.02 Å². The van der Waals surface area contributed by atoms with Gasteiger partial charge in [0, 0.05) is 10.7 Å². The zero-order valence-corrected chi connectivity index (χ0v) is 17.5. The Morgan fingerprint density at radius 3 is 2.45 bits per heavy atom. The predicted molar refractivity (Wildman–Crippen MR) is 118 cm³/mol. The number of carbonyl (C=O) groups excluding carboxylic acids is 2. The van der Waals surface area contributed by atoms with E-state index in [-0.39, 0.29) is 30.6 Å². The molecule has 0 saturated heterocycles. The van der Waals surface area contributed by atoms with Crippen molar-refractivity contribution in [3.63, 3.8) is 0 Å². The Balaban J connectivity index is 1.55. The van der Waals surface area contributed by atoms with Crippen LogP contribution in [0.1, 0.15) is 18.1 Å². The maximum absolute atomic E-state index is 13.2. The topological polar surface area (TPSA) is 58.6 Å². The number of ether oxygens (including phenoxy) is 1. The number of hydrogen-bond donors (Lipinski definition) is 1. The molecule has 7 heteroatoms. The number of carbonyl (C=O) groups is 2. The van der Waals surface area contributed by atoms with Gasteiger partial charge in [0.2, 0.25) is 5.91 Å². The second kappa shape index (κ2) is 8.78. The van der Waals surface area contributed by atoms with Crippen molar-refractivity contribution in [2.75, 3.05) is 10.2 Å². The lowest BCUT2D eigenvalue weighted by atomic mass is 10.1. The minimum absolute atomic E-state index is 0.191. The number of fused-ring (bicyclic) bond motifs is 1. The van der Waals surface area contributed by atoms with Crippen molar-refractivity contribution in [2.45, 2.75) is 26.0 Å². The maximum atomic E-state index is 13.2. The molecule has 0 aliphatic carbocycles. The summed E-state index contributed by atoms with van der Waals surface area (Å²) in [6.07, 6.45) is -0.446. The number of benzene rings is 3. The standard InChI is InChI=1S/C24H20ClFN2O3/c1-15-24(30)28(14-17-4-8-19(26)9-5-17)21-13-20(10-11-22(21)31-15)27-23(29)12-16-2-6-18(25)7-3-16/h2-11,13,15H,12,14H2,1H3,(H,27,29). The first kappa shape index (κ1) is 20.9. The predicted octanol–water partition coefficient (Wildman–Crippen LogP) is 4.97. The second-order valence-corrected chi connectivity index (χ2v) is 7.78. The monoisotopic (exact) mass is 438 g/mol. The summed E-state index contributed by atoms with van der Waals surface area (Å²) >= 11 is 5.88. The van der Waals surface area contributed by atoms with E-state index in [0.717, 1.165) is 11.1 Å². The van der Waals surface area contributed by atoms with Crippen LogP contribution in [-0.4, -0.2) is 17.9 Å². The summed E-state index contributed by atoms with van der Waals surface area (Å²) < 4.78 is 19.0. The molecule has 1 aliphatic rings. The maximum Gasteiger partial charge on any atom is 0.268 e. The highest BCUT2D eigenvalue weighted by molar-refractivity contribution is 6.30. The van der Waals surface area contributed by atoms with Gasteiger partial charge in [-0.05, 0) is 60.5 Å². The van der Waals surface area contributed by atoms with Gasteiger partial charge >= 0.3 is 0 Å². The Bertz CT molecular complexity index is 1120. The summed E-state index contributed by atoms with van der Waals surface area (Å²) in [7, 11) is 0. The van der Waals surface area contributed by atoms with E-state index in [0.29, 0.717) is 22.1 Å². The van der Waals surface area contributed by atoms with Gasteiger partial charge in [-0.1, -0.05) is 35.9 Å². The summed E-state index contributed by atoms with van der Waals surface area (Å²) in [5.41, 5.74) is 2.72. The van der Waals surface area contributed by atoms with Crippen LogP contribution in [0.3, 0.4) is 0 Å². The Kier molecular flexibility index (Phi) is 5.91. The Hall–Kier alpha value is -3.38. The third-order valence-electron chi connectivity index (χ3n) is 4.98. The fraction of sp³-hybridized carbons (Fsp3) is 0.167. The SMILES string of the molecule is CC1Oc2ccc(NC(=O)Cc3ccc(Cl)cc3)cc2N(Cc2ccc(F)cc2)C1=O. The molecule has 1 N–H and O–H groups in total. The molecule has 4 rings (SSSR count). The number of halogens is 2. The van der Waals surface area contributed by atoms with E-state index in [9.17, 15) is 14.0 Å². The molecule has 0 bridgehead atoms. The smallest absolute Gasteiger partial charge is 0.268 e. The molecule has 5 nitrogen and oxygen atoms in total. The largest absolute Gasteiger partial charge is 0.479 e. The van der Waals surface area contributed by atoms with Crippen LogP contribution in [0.15, 0.2) is 66.7 Å². The molecule has 1 unspecified atom stereocenters. The van der Waals surface area contributed by atoms with Crippen molar-refractivity contribution in [1.82, 2.24) is 0 Å². The number of anilines is 2. The number of rotatable bonds is 5. The van der Waals surface area contributed by atoms with Crippen LogP contribution < -0.4 is 15.0 Å². The summed E-state index contributed by atoms with van der Waals surface area (Å²) in [5.74, 6) is -0.188. The van der Waals surface area contributed by atoms with Crippen molar-refractivity contribution in [3.05, 3.63) is 88.7 Å². The lowest BCUT2D eigenvalue weighted by Crippen LogP contribution is -2.44. The van der Waals surface area contributed by atoms with Gasteiger partial charge in [0.25, 0.3) is 5.91 Å². The minimum Gasteiger partial charge on any atom is -0.479 e. The van der Waals surface area contributed by atoms with E-state index in [2.05, 4.69) is 5.32 Å². The van der Waals surface area contributed by atoms with E-state index in [1.165, 1.54) is 12.1 Å². The fourth-order valence-electron chi connectivity index (χ4n) is 3.41. The quantitative estimate of drug-likeness (QED) is 0.611. The second-order valence-electron chi connectivity index (χ2n) is 7.34. The number of hydrogen-bond acceptors (Lipinski definition) is 3. The molecule has 3 aromatic carbocycles. The highest BCUT2D eigenvalue weighted by atomic mass is 35.5. The first-order valence-corrected chi connectivity index (χ1v) is 10.2. The van der Waals surface area contributed by atoms with Gasteiger partial charge < -0.3 is 15.0 Å². The summed E-state index contributed by atoms with van der Waals surface area (Å²) in [4.78, 5) is 26.8. The number of nitrogens with zero attached hydrogens (tertiary/aromatic N) is 1. The average molecular weight is 439 g/mol. The average Bonchev–Trinajstić information content (AvgIpc) is 2.75. The van der Waals surface area contributed by atoms with Crippen LogP contribution in [0.4, 0.5) is 15.8 Å². The van der Waals surface area contributed by atoms with Gasteiger partial charge in [-0.2, -0.15) is 0 Å². The first-order chi connectivity index (χ1) is 14.9. The summed E-state index contributed by atoms with van der Waals surface area (Å²) in [6.45, 7) is 1.95. The molecular weight excluding hydrogens is 419 g/mol. The Labute approximate surface area is 184 Å². The third-order valence-corrected chi connectivity index (χ3v) is 5.23. The molecule has 3 aromatic rings. The van der Waals surface area contributed by atoms with Crippen molar-refractivity contribution < 1.29 is 18.7 Å². The molecular formula is C24H20ClFN2O3. The van der Waals surface area contributed by atoms with Gasteiger partial charge in [0.15, 0.2) is 6.10 Å². The molecule has 0 aromatic heterocycles. The van der Waals surface area contributed by atoms with Crippen LogP contribution >= 0.6 is 11.6 Å². The minimum atomic E-state index is -0.640. The fourth-order valence-corrected chi connectivity index (χ4v) is 3.54. The number of nitrogens with one attached hydrogen (secondary N) is 1. The molecule has 158 valence electrons. The van der Waals surface area contributed by atoms with E-state index < -0.39 is 6.10 Å². The lowest BCUT2D eigenvalue weighted by Gasteiger charge is -2.33. The van der Waals surface area contributed by atoms with E-state index in [4.69, 9.17) is 16.3 Å². The van der Waals surface area contributed by atoms with Crippen molar-refractivity contribution >= 4 is 34.8 Å². The Morgan fingerprint density at radius 2 is 1.74 bits per heavy atom. The zero-order valence-electron chi connectivity index (χ0n) is 16.8. The molecule has 31 heavy (non-hydrogen) atoms.